The fourth-order valence-corrected chi connectivity index (χ4v) is 4.31. The third-order valence-electron chi connectivity index (χ3n) is 1.89. The van der Waals surface area contributed by atoms with E-state index in [0.29, 0.717) is 6.54 Å². The minimum Gasteiger partial charge on any atom is -0.322 e. The van der Waals surface area contributed by atoms with Crippen LogP contribution >= 0.6 is 10.7 Å². The molecule has 0 aliphatic rings. The van der Waals surface area contributed by atoms with E-state index in [1.54, 1.807) is 6.92 Å². The minimum absolute atomic E-state index is 0.129. The molecule has 0 fully saturated rings. The predicted molar refractivity (Wildman–Crippen MR) is 59.6 cm³/mol. The molecule has 0 aliphatic heterocycles. The lowest BCUT2D eigenvalue weighted by atomic mass is 10.7. The third-order valence-corrected chi connectivity index (χ3v) is 4.94. The van der Waals surface area contributed by atoms with Crippen LogP contribution in [0, 0.1) is 0 Å². The van der Waals surface area contributed by atoms with Crippen molar-refractivity contribution in [2.75, 3.05) is 11.5 Å². The Labute approximate surface area is 98.6 Å². The largest absolute Gasteiger partial charge is 0.322 e. The van der Waals surface area contributed by atoms with Gasteiger partial charge in [-0.3, -0.25) is 0 Å². The van der Waals surface area contributed by atoms with Gasteiger partial charge in [-0.25, -0.2) is 21.8 Å². The Hall–Kier alpha value is -0.600. The van der Waals surface area contributed by atoms with E-state index in [-0.39, 0.29) is 5.16 Å². The van der Waals surface area contributed by atoms with Crippen LogP contribution in [0.25, 0.3) is 0 Å². The van der Waals surface area contributed by atoms with Crippen molar-refractivity contribution in [3.63, 3.8) is 0 Å². The van der Waals surface area contributed by atoms with Crippen molar-refractivity contribution in [3.05, 3.63) is 12.4 Å². The van der Waals surface area contributed by atoms with Gasteiger partial charge in [0.05, 0.1) is 11.5 Å². The Morgan fingerprint density at radius 3 is 2.44 bits per heavy atom. The fraction of sp³-hybridized carbons (Fsp3) is 0.571. The number of hydrogen-bond donors (Lipinski definition) is 0. The lowest BCUT2D eigenvalue weighted by Gasteiger charge is -2.04. The van der Waals surface area contributed by atoms with Crippen LogP contribution in [0.3, 0.4) is 0 Å². The standard InChI is InChI=1S/C7H11ClN2O4S2/c1-2-10-4-3-9-7(10)15(11,12)5-6-16(8,13)14/h3-4H,2,5-6H2,1H3. The summed E-state index contributed by atoms with van der Waals surface area (Å²) >= 11 is 0. The normalized spacial score (nSPS) is 12.9. The van der Waals surface area contributed by atoms with E-state index in [4.69, 9.17) is 10.7 Å². The predicted octanol–water partition coefficient (Wildman–Crippen LogP) is 0.245. The Bertz CT molecular complexity index is 561. The molecule has 0 saturated carbocycles. The maximum absolute atomic E-state index is 11.7. The molecule has 1 heterocycles. The highest BCUT2D eigenvalue weighted by Crippen LogP contribution is 2.10. The number of halogens is 1. The Morgan fingerprint density at radius 2 is 1.94 bits per heavy atom. The summed E-state index contributed by atoms with van der Waals surface area (Å²) in [7, 11) is -2.56. The average Bonchev–Trinajstić information content (AvgIpc) is 2.62. The van der Waals surface area contributed by atoms with E-state index in [9.17, 15) is 16.8 Å². The van der Waals surface area contributed by atoms with Crippen molar-refractivity contribution in [1.82, 2.24) is 9.55 Å². The maximum Gasteiger partial charge on any atom is 0.233 e. The van der Waals surface area contributed by atoms with Gasteiger partial charge in [0.2, 0.25) is 24.0 Å². The van der Waals surface area contributed by atoms with E-state index in [1.807, 2.05) is 0 Å². The van der Waals surface area contributed by atoms with Crippen LogP contribution in [-0.2, 0) is 25.4 Å². The fourth-order valence-electron chi connectivity index (χ4n) is 1.12. The number of nitrogens with zero attached hydrogens (tertiary/aromatic N) is 2. The monoisotopic (exact) mass is 286 g/mol. The van der Waals surface area contributed by atoms with Crippen molar-refractivity contribution in [2.24, 2.45) is 0 Å². The van der Waals surface area contributed by atoms with Crippen LogP contribution < -0.4 is 0 Å². The highest BCUT2D eigenvalue weighted by Gasteiger charge is 2.22. The molecule has 0 N–H and O–H groups in total. The Balaban J connectivity index is 2.95. The summed E-state index contributed by atoms with van der Waals surface area (Å²) in [6.07, 6.45) is 2.87. The second-order valence-corrected chi connectivity index (χ2v) is 7.96. The second kappa shape index (κ2) is 4.72. The molecule has 0 aliphatic carbocycles. The van der Waals surface area contributed by atoms with Gasteiger partial charge in [0.1, 0.15) is 0 Å². The number of hydrogen-bond acceptors (Lipinski definition) is 5. The molecule has 0 radical (unpaired) electrons. The highest BCUT2D eigenvalue weighted by atomic mass is 35.7. The zero-order chi connectivity index (χ0) is 12.4. The summed E-state index contributed by atoms with van der Waals surface area (Å²) in [5, 5.41) is -0.129. The molecule has 0 atom stereocenters. The zero-order valence-electron chi connectivity index (χ0n) is 8.50. The number of sulfone groups is 1. The van der Waals surface area contributed by atoms with Crippen LogP contribution in [-0.4, -0.2) is 37.9 Å². The molecule has 0 amide bonds. The lowest BCUT2D eigenvalue weighted by molar-refractivity contribution is 0.568. The van der Waals surface area contributed by atoms with E-state index < -0.39 is 30.4 Å². The van der Waals surface area contributed by atoms with Gasteiger partial charge < -0.3 is 4.57 Å². The molecule has 0 saturated heterocycles. The summed E-state index contributed by atoms with van der Waals surface area (Å²) in [6.45, 7) is 2.21. The van der Waals surface area contributed by atoms with Gasteiger partial charge in [-0.15, -0.1) is 0 Å². The van der Waals surface area contributed by atoms with Crippen LogP contribution in [0.1, 0.15) is 6.92 Å². The van der Waals surface area contributed by atoms with Crippen molar-refractivity contribution >= 4 is 29.6 Å². The molecule has 9 heteroatoms. The summed E-state index contributed by atoms with van der Waals surface area (Å²) in [5.74, 6) is -1.18. The van der Waals surface area contributed by atoms with E-state index in [1.165, 1.54) is 17.0 Å². The minimum atomic E-state index is -3.81. The summed E-state index contributed by atoms with van der Waals surface area (Å²) in [4.78, 5) is 3.70. The van der Waals surface area contributed by atoms with E-state index in [2.05, 4.69) is 4.98 Å². The molecule has 6 nitrogen and oxygen atoms in total. The first-order chi connectivity index (χ1) is 7.26. The summed E-state index contributed by atoms with van der Waals surface area (Å²) < 4.78 is 46.2. The second-order valence-electron chi connectivity index (χ2n) is 3.06. The van der Waals surface area contributed by atoms with Crippen molar-refractivity contribution in [1.29, 1.82) is 0 Å². The van der Waals surface area contributed by atoms with Gasteiger partial charge in [-0.05, 0) is 6.92 Å². The number of aromatic nitrogens is 2. The zero-order valence-corrected chi connectivity index (χ0v) is 10.9. The quantitative estimate of drug-likeness (QED) is 0.724. The van der Waals surface area contributed by atoms with Gasteiger partial charge in [-0.2, -0.15) is 0 Å². The molecule has 0 bridgehead atoms. The number of aryl methyl sites for hydroxylation is 1. The number of imidazole rings is 1. The van der Waals surface area contributed by atoms with Crippen LogP contribution in [0.4, 0.5) is 0 Å². The van der Waals surface area contributed by atoms with Crippen LogP contribution in [0.5, 0.6) is 0 Å². The maximum atomic E-state index is 11.7. The molecular formula is C7H11ClN2O4S2. The highest BCUT2D eigenvalue weighted by molar-refractivity contribution is 8.14. The third kappa shape index (κ3) is 3.46. The van der Waals surface area contributed by atoms with Crippen LogP contribution in [0.2, 0.25) is 0 Å². The molecule has 92 valence electrons. The van der Waals surface area contributed by atoms with Crippen LogP contribution in [0.15, 0.2) is 17.6 Å². The average molecular weight is 287 g/mol. The van der Waals surface area contributed by atoms with E-state index in [0.717, 1.165) is 0 Å². The number of rotatable bonds is 5. The van der Waals surface area contributed by atoms with Gasteiger partial charge in [-0.1, -0.05) is 0 Å². The molecule has 1 aromatic rings. The van der Waals surface area contributed by atoms with Crippen molar-refractivity contribution in [3.8, 4) is 0 Å². The van der Waals surface area contributed by atoms with Gasteiger partial charge >= 0.3 is 0 Å². The first kappa shape index (κ1) is 13.5. The van der Waals surface area contributed by atoms with Crippen molar-refractivity contribution in [2.45, 2.75) is 18.6 Å². The van der Waals surface area contributed by atoms with E-state index >= 15 is 0 Å². The first-order valence-electron chi connectivity index (χ1n) is 4.42. The Morgan fingerprint density at radius 1 is 1.31 bits per heavy atom. The Kier molecular flexibility index (Phi) is 3.97. The SMILES string of the molecule is CCn1ccnc1S(=O)(=O)CCS(=O)(=O)Cl. The molecule has 1 aromatic heterocycles. The molecular weight excluding hydrogens is 276 g/mol. The molecule has 0 spiro atoms. The smallest absolute Gasteiger partial charge is 0.233 e. The van der Waals surface area contributed by atoms with Gasteiger partial charge in [0.25, 0.3) is 0 Å². The summed E-state index contributed by atoms with van der Waals surface area (Å²) in [6, 6.07) is 0. The molecule has 1 rings (SSSR count). The van der Waals surface area contributed by atoms with Crippen molar-refractivity contribution < 1.29 is 16.8 Å². The topological polar surface area (TPSA) is 86.1 Å². The summed E-state index contributed by atoms with van der Waals surface area (Å²) in [5.41, 5.74) is 0. The molecule has 16 heavy (non-hydrogen) atoms. The van der Waals surface area contributed by atoms with Gasteiger partial charge in [0.15, 0.2) is 0 Å². The first-order valence-corrected chi connectivity index (χ1v) is 8.55. The van der Waals surface area contributed by atoms with Gasteiger partial charge in [0, 0.05) is 29.6 Å². The molecule has 0 unspecified atom stereocenters. The molecule has 0 aromatic carbocycles. The lowest BCUT2D eigenvalue weighted by Crippen LogP contribution is -2.18.